The average Bonchev–Trinajstić information content (AvgIpc) is 1.27. The van der Waals surface area contributed by atoms with Crippen molar-refractivity contribution in [2.75, 3.05) is 54.4 Å². The van der Waals surface area contributed by atoms with Crippen LogP contribution in [0.15, 0.2) is 0 Å². The van der Waals surface area contributed by atoms with Crippen LogP contribution in [0, 0.1) is 11.8 Å². The zero-order chi connectivity index (χ0) is 77.6. The molecule has 0 aromatic carbocycles. The number of hydrogen-bond acceptors (Lipinski definition) is 16. The Balaban J connectivity index is 0.000000561. The van der Waals surface area contributed by atoms with Crippen LogP contribution in [0.1, 0.15) is 287 Å². The van der Waals surface area contributed by atoms with Gasteiger partial charge < -0.3 is 47.4 Å². The molecule has 8 fully saturated rings. The number of hydrogen-bond donors (Lipinski definition) is 12. The molecule has 576 valence electrons. The lowest BCUT2D eigenvalue weighted by Gasteiger charge is -2.58. The Bertz CT molecular complexity index is 2680. The number of likely N-dealkylation sites (tertiary alicyclic amines) is 1. The third kappa shape index (κ3) is 23.2. The standard InChI is InChI=1S/C13H27NO.C12H25NO.C10H20N2O.2C9H18N2O.2C8H16N2O.C7H14N2O/c1-7-12(4)9-11(15)10(3)13(5,8-2)14(12)6;1-6-11(4)8-10(14)9(3)12(5,7-2)13-11;1-9(2)6-7-11-8(13)10(3,4)12(9)5;1-8(2)6-10-7(12)9(3,4)11(8)5;1-8(2)5-6-10-7(12)9(3,4)11-8;1-7(2)6(11)9-8(3,4)10(7)5;1-7(2)5-9-6(11)8(3,4)10-7;1-6(2)5(10)8-7(3,4)9-6/h10-11,15H,7-9H2,1-6H3;9-10,13-14H,6-8H2,1-5H3;6-7H2,1-5H3,(H,11,13);6H2,1-5H3,(H,10,12);11H,5-6H2,1-4H3,(H,10,12);1-5H3,(H,9,11);10H,5H2,1-4H3,(H,9,11);9H,1-4H3,(H,8,10). The third-order valence-corrected chi connectivity index (χ3v) is 24.3. The number of aliphatic hydroxyl groups is 2. The summed E-state index contributed by atoms with van der Waals surface area (Å²) in [4.78, 5) is 77.1. The molecule has 8 atom stereocenters. The van der Waals surface area contributed by atoms with E-state index in [-0.39, 0.29) is 114 Å². The number of carbonyl (C=O) groups excluding carboxylic acids is 6. The van der Waals surface area contributed by atoms with Gasteiger partial charge in [-0.15, -0.1) is 0 Å². The largest absolute Gasteiger partial charge is 0.393 e. The van der Waals surface area contributed by atoms with Crippen molar-refractivity contribution in [1.82, 2.24) is 72.8 Å². The van der Waals surface area contributed by atoms with Crippen LogP contribution >= 0.6 is 0 Å². The average molecular weight is 1390 g/mol. The molecule has 8 aliphatic heterocycles. The van der Waals surface area contributed by atoms with Crippen molar-refractivity contribution in [3.8, 4) is 0 Å². The summed E-state index contributed by atoms with van der Waals surface area (Å²) in [6.07, 6.45) is 7.77. The molecule has 8 unspecified atom stereocenters. The van der Waals surface area contributed by atoms with Gasteiger partial charge in [0.05, 0.1) is 56.8 Å². The van der Waals surface area contributed by atoms with Crippen LogP contribution in [-0.2, 0) is 28.8 Å². The van der Waals surface area contributed by atoms with Gasteiger partial charge in [0.25, 0.3) is 0 Å². The predicted octanol–water partition coefficient (Wildman–Crippen LogP) is 8.27. The molecule has 8 rings (SSSR count). The number of piperazine rings is 2. The lowest BCUT2D eigenvalue weighted by molar-refractivity contribution is -0.140. The Morgan fingerprint density at radius 1 is 0.388 bits per heavy atom. The second kappa shape index (κ2) is 32.6. The van der Waals surface area contributed by atoms with E-state index < -0.39 is 22.2 Å². The van der Waals surface area contributed by atoms with Crippen LogP contribution in [0.5, 0.6) is 0 Å². The van der Waals surface area contributed by atoms with Crippen LogP contribution in [0.3, 0.4) is 0 Å². The van der Waals surface area contributed by atoms with Crippen LogP contribution in [0.2, 0.25) is 0 Å². The zero-order valence-corrected chi connectivity index (χ0v) is 69.9. The number of rotatable bonds is 4. The Labute approximate surface area is 598 Å². The number of nitrogens with one attached hydrogen (secondary N) is 10. The van der Waals surface area contributed by atoms with Gasteiger partial charge in [-0.2, -0.15) is 0 Å². The van der Waals surface area contributed by atoms with Crippen molar-refractivity contribution in [3.05, 3.63) is 0 Å². The minimum Gasteiger partial charge on any atom is -0.393 e. The first-order valence-corrected chi connectivity index (χ1v) is 36.8. The van der Waals surface area contributed by atoms with Gasteiger partial charge in [-0.05, 0) is 279 Å². The van der Waals surface area contributed by atoms with Gasteiger partial charge in [0.15, 0.2) is 0 Å². The van der Waals surface area contributed by atoms with Crippen LogP contribution in [0.25, 0.3) is 0 Å². The van der Waals surface area contributed by atoms with E-state index in [1.54, 1.807) is 0 Å². The highest BCUT2D eigenvalue weighted by molar-refractivity contribution is 5.89. The molecular weight excluding hydrogens is 1240 g/mol. The Morgan fingerprint density at radius 2 is 0.796 bits per heavy atom. The van der Waals surface area contributed by atoms with E-state index in [1.807, 2.05) is 137 Å². The van der Waals surface area contributed by atoms with Crippen molar-refractivity contribution in [3.63, 3.8) is 0 Å². The van der Waals surface area contributed by atoms with Gasteiger partial charge in [-0.1, -0.05) is 41.5 Å². The van der Waals surface area contributed by atoms with E-state index in [9.17, 15) is 39.0 Å². The summed E-state index contributed by atoms with van der Waals surface area (Å²) in [5, 5.41) is 51.1. The molecule has 0 spiro atoms. The second-order valence-electron chi connectivity index (χ2n) is 37.5. The van der Waals surface area contributed by atoms with Crippen molar-refractivity contribution < 1.29 is 39.0 Å². The quantitative estimate of drug-likeness (QED) is 0.126. The number of amides is 6. The Kier molecular flexibility index (Phi) is 30.8. The molecule has 0 bridgehead atoms. The van der Waals surface area contributed by atoms with E-state index in [1.165, 1.54) is 0 Å². The summed E-state index contributed by atoms with van der Waals surface area (Å²) >= 11 is 0. The maximum Gasteiger partial charge on any atom is 0.241 e. The van der Waals surface area contributed by atoms with E-state index >= 15 is 0 Å². The van der Waals surface area contributed by atoms with Crippen LogP contribution in [0.4, 0.5) is 0 Å². The molecule has 22 nitrogen and oxygen atoms in total. The van der Waals surface area contributed by atoms with Gasteiger partial charge >= 0.3 is 0 Å². The molecule has 0 aromatic heterocycles. The van der Waals surface area contributed by atoms with Crippen molar-refractivity contribution in [2.45, 2.75) is 388 Å². The third-order valence-electron chi connectivity index (χ3n) is 24.3. The molecule has 98 heavy (non-hydrogen) atoms. The lowest BCUT2D eigenvalue weighted by atomic mass is 9.68. The number of carbonyl (C=O) groups is 6. The molecule has 0 radical (unpaired) electrons. The van der Waals surface area contributed by atoms with E-state index in [0.717, 1.165) is 71.0 Å². The second-order valence-corrected chi connectivity index (χ2v) is 37.5. The molecule has 22 heteroatoms. The molecule has 8 saturated heterocycles. The maximum atomic E-state index is 11.7. The first-order valence-electron chi connectivity index (χ1n) is 36.8. The van der Waals surface area contributed by atoms with Gasteiger partial charge in [0, 0.05) is 76.4 Å². The fourth-order valence-electron chi connectivity index (χ4n) is 14.7. The Morgan fingerprint density at radius 3 is 1.17 bits per heavy atom. The van der Waals surface area contributed by atoms with Crippen LogP contribution in [-0.4, -0.2) is 221 Å². The smallest absolute Gasteiger partial charge is 0.241 e. The first kappa shape index (κ1) is 92.4. The molecule has 8 aliphatic rings. The number of nitrogens with zero attached hydrogens (tertiary/aromatic N) is 4. The van der Waals surface area contributed by atoms with E-state index in [4.69, 9.17) is 0 Å². The van der Waals surface area contributed by atoms with Gasteiger partial charge in [0.2, 0.25) is 35.4 Å². The van der Waals surface area contributed by atoms with Gasteiger partial charge in [0.1, 0.15) is 0 Å². The van der Waals surface area contributed by atoms with E-state index in [2.05, 4.69) is 200 Å². The highest BCUT2D eigenvalue weighted by Gasteiger charge is 2.52. The topological polar surface area (TPSA) is 276 Å². The monoisotopic (exact) mass is 1390 g/mol. The highest BCUT2D eigenvalue weighted by Crippen LogP contribution is 2.44. The van der Waals surface area contributed by atoms with Gasteiger partial charge in [-0.25, -0.2) is 0 Å². The van der Waals surface area contributed by atoms with Crippen LogP contribution < -0.4 is 53.2 Å². The Hall–Kier alpha value is -3.58. The summed E-state index contributed by atoms with van der Waals surface area (Å²) in [6, 6.07) is 0. The van der Waals surface area contributed by atoms with E-state index in [0.29, 0.717) is 18.4 Å². The van der Waals surface area contributed by atoms with Gasteiger partial charge in [-0.3, -0.25) is 64.3 Å². The summed E-state index contributed by atoms with van der Waals surface area (Å²) < 4.78 is 0. The molecule has 6 amide bonds. The fraction of sp³-hybridized carbons (Fsp3) is 0.921. The zero-order valence-electron chi connectivity index (χ0n) is 69.9. The SMILES string of the molecule is CC1(C)CCNC(=O)C(C)(C)N1.CC1(C)CNC(=O)C(C)(C)N1.CC1(C)NC(=O)C(C)(C)N1.CCC1(C)CC(O)C(C)C(C)(CC)N1.CCC1(C)CC(O)C(C)C(C)(CC)N1C.CN1C(C)(C)CCNC(=O)C1(C)C.CN1C(C)(C)CNC(=O)C1(C)C.CN1C(C)(C)NC(=O)C1(C)C. The summed E-state index contributed by atoms with van der Waals surface area (Å²) in [6.45, 7) is 73.1. The normalized spacial score (nSPS) is 34.2. The summed E-state index contributed by atoms with van der Waals surface area (Å²) in [5.41, 5.74) is -2.24. The number of aliphatic hydroxyl groups excluding tert-OH is 2. The summed E-state index contributed by atoms with van der Waals surface area (Å²) in [7, 11) is 8.19. The highest BCUT2D eigenvalue weighted by atomic mass is 16.3. The predicted molar refractivity (Wildman–Crippen MR) is 404 cm³/mol. The first-order chi connectivity index (χ1) is 43.5. The molecular formula is C76H154N14O8. The van der Waals surface area contributed by atoms with Crippen molar-refractivity contribution in [1.29, 1.82) is 0 Å². The number of piperidine rings is 2. The molecule has 0 aliphatic carbocycles. The minimum absolute atomic E-state index is 0.0113. The van der Waals surface area contributed by atoms with Crippen molar-refractivity contribution in [2.24, 2.45) is 11.8 Å². The number of likely N-dealkylation sites (N-methyl/N-ethyl adjacent to an activating group) is 3. The lowest BCUT2D eigenvalue weighted by Crippen LogP contribution is -2.68. The molecule has 8 heterocycles. The molecule has 0 saturated carbocycles. The minimum atomic E-state index is -0.444. The molecule has 0 aromatic rings. The fourth-order valence-corrected chi connectivity index (χ4v) is 14.7. The molecule has 12 N–H and O–H groups in total. The summed E-state index contributed by atoms with van der Waals surface area (Å²) in [5.74, 6) is 1.27. The van der Waals surface area contributed by atoms with Crippen molar-refractivity contribution >= 4 is 35.4 Å². The maximum absolute atomic E-state index is 11.7.